The molecular formula is C24H44BrF3O5. The molecule has 9 heteroatoms. The van der Waals surface area contributed by atoms with E-state index in [4.69, 9.17) is 10.2 Å². The number of carbonyl (C=O) groups is 2. The summed E-state index contributed by atoms with van der Waals surface area (Å²) in [6.45, 7) is -0.991. The molecule has 33 heavy (non-hydrogen) atoms. The van der Waals surface area contributed by atoms with E-state index in [1.165, 1.54) is 38.5 Å². The third-order valence-electron chi connectivity index (χ3n) is 4.97. The lowest BCUT2D eigenvalue weighted by molar-refractivity contribution is -0.174. The number of carboxylic acid groups (broad SMARTS) is 2. The van der Waals surface area contributed by atoms with Crippen molar-refractivity contribution >= 4 is 27.9 Å². The maximum Gasteiger partial charge on any atom is 0.411 e. The molecular weight excluding hydrogens is 505 g/mol. The van der Waals surface area contributed by atoms with Crippen LogP contribution in [0.5, 0.6) is 0 Å². The van der Waals surface area contributed by atoms with E-state index >= 15 is 0 Å². The van der Waals surface area contributed by atoms with Gasteiger partial charge in [0.1, 0.15) is 6.61 Å². The number of alkyl halides is 4. The highest BCUT2D eigenvalue weighted by Gasteiger charge is 2.27. The molecule has 0 aliphatic rings. The minimum Gasteiger partial charge on any atom is -0.481 e. The molecule has 0 aromatic heterocycles. The minimum atomic E-state index is -4.23. The molecule has 0 fully saturated rings. The highest BCUT2D eigenvalue weighted by Crippen LogP contribution is 2.15. The van der Waals surface area contributed by atoms with Gasteiger partial charge in [0.05, 0.1) is 0 Å². The van der Waals surface area contributed by atoms with Crippen LogP contribution < -0.4 is 0 Å². The van der Waals surface area contributed by atoms with E-state index in [0.29, 0.717) is 12.8 Å². The zero-order valence-corrected chi connectivity index (χ0v) is 21.6. The lowest BCUT2D eigenvalue weighted by Crippen LogP contribution is -2.17. The Morgan fingerprint density at radius 3 is 1.27 bits per heavy atom. The molecule has 0 unspecified atom stereocenters. The van der Waals surface area contributed by atoms with Gasteiger partial charge in [0.25, 0.3) is 0 Å². The Balaban J connectivity index is 0. The van der Waals surface area contributed by atoms with Crippen LogP contribution >= 0.6 is 15.9 Å². The molecule has 0 aliphatic heterocycles. The fourth-order valence-corrected chi connectivity index (χ4v) is 3.56. The Morgan fingerprint density at radius 1 is 0.606 bits per heavy atom. The number of hydrogen-bond donors (Lipinski definition) is 2. The lowest BCUT2D eigenvalue weighted by Gasteiger charge is -2.07. The first-order valence-electron chi connectivity index (χ1n) is 12.3. The standard InChI is InChI=1S/C13H23F3O3.C11H21BrO2/c14-13(15,16)11-19-10-8-6-4-2-1-3-5-7-9-12(17)18;12-10-8-6-4-2-1-3-5-7-9-11(13)14/h1-11H2,(H,17,18);1-10H2,(H,13,14). The van der Waals surface area contributed by atoms with Gasteiger partial charge in [-0.25, -0.2) is 0 Å². The Labute approximate surface area is 206 Å². The molecule has 0 spiro atoms. The quantitative estimate of drug-likeness (QED) is 0.105. The highest BCUT2D eigenvalue weighted by molar-refractivity contribution is 9.09. The average Bonchev–Trinajstić information content (AvgIpc) is 2.72. The van der Waals surface area contributed by atoms with Crippen LogP contribution in [0.2, 0.25) is 0 Å². The van der Waals surface area contributed by atoms with Gasteiger partial charge in [0.2, 0.25) is 0 Å². The summed E-state index contributed by atoms with van der Waals surface area (Å²) in [5.41, 5.74) is 0. The fraction of sp³-hybridized carbons (Fsp3) is 0.917. The first kappa shape index (κ1) is 34.3. The summed E-state index contributed by atoms with van der Waals surface area (Å²) in [5.74, 6) is -1.42. The zero-order chi connectivity index (χ0) is 25.2. The molecule has 0 atom stereocenters. The van der Waals surface area contributed by atoms with E-state index in [1.54, 1.807) is 0 Å². The third kappa shape index (κ3) is 38.7. The summed E-state index contributed by atoms with van der Waals surface area (Å²) in [4.78, 5) is 20.4. The molecule has 0 heterocycles. The van der Waals surface area contributed by atoms with Crippen molar-refractivity contribution in [2.75, 3.05) is 18.5 Å². The molecule has 0 aromatic rings. The van der Waals surface area contributed by atoms with Crippen molar-refractivity contribution in [2.45, 2.75) is 122 Å². The second-order valence-corrected chi connectivity index (χ2v) is 9.09. The van der Waals surface area contributed by atoms with E-state index in [-0.39, 0.29) is 13.0 Å². The van der Waals surface area contributed by atoms with E-state index in [0.717, 1.165) is 63.1 Å². The van der Waals surface area contributed by atoms with E-state index in [1.807, 2.05) is 0 Å². The lowest BCUT2D eigenvalue weighted by atomic mass is 10.1. The van der Waals surface area contributed by atoms with Gasteiger partial charge in [-0.1, -0.05) is 93.0 Å². The van der Waals surface area contributed by atoms with E-state index in [2.05, 4.69) is 20.7 Å². The predicted molar refractivity (Wildman–Crippen MR) is 129 cm³/mol. The van der Waals surface area contributed by atoms with Crippen molar-refractivity contribution in [3.63, 3.8) is 0 Å². The number of carboxylic acids is 2. The highest BCUT2D eigenvalue weighted by atomic mass is 79.9. The molecule has 0 bridgehead atoms. The van der Waals surface area contributed by atoms with Crippen molar-refractivity contribution < 1.29 is 37.7 Å². The first-order valence-corrected chi connectivity index (χ1v) is 13.4. The predicted octanol–water partition coefficient (Wildman–Crippen LogP) is 8.14. The summed E-state index contributed by atoms with van der Waals surface area (Å²) in [5, 5.41) is 18.0. The van der Waals surface area contributed by atoms with Gasteiger partial charge >= 0.3 is 18.1 Å². The van der Waals surface area contributed by atoms with Gasteiger partial charge in [-0.15, -0.1) is 0 Å². The van der Waals surface area contributed by atoms with Crippen LogP contribution in [0.15, 0.2) is 0 Å². The van der Waals surface area contributed by atoms with Gasteiger partial charge in [-0.05, 0) is 25.7 Å². The van der Waals surface area contributed by atoms with Gasteiger partial charge in [0.15, 0.2) is 0 Å². The van der Waals surface area contributed by atoms with Gasteiger partial charge < -0.3 is 14.9 Å². The SMILES string of the molecule is O=C(O)CCCCCCCCCCBr.O=C(O)CCCCCCCCCCOCC(F)(F)F. The number of hydrogen-bond acceptors (Lipinski definition) is 3. The molecule has 0 radical (unpaired) electrons. The monoisotopic (exact) mass is 548 g/mol. The molecule has 0 rings (SSSR count). The zero-order valence-electron chi connectivity index (χ0n) is 20.0. The number of rotatable bonds is 22. The van der Waals surface area contributed by atoms with Crippen molar-refractivity contribution in [3.8, 4) is 0 Å². The first-order chi connectivity index (χ1) is 15.7. The normalized spacial score (nSPS) is 11.2. The minimum absolute atomic E-state index is 0.165. The van der Waals surface area contributed by atoms with Crippen molar-refractivity contribution in [1.82, 2.24) is 0 Å². The van der Waals surface area contributed by atoms with Crippen LogP contribution in [0.1, 0.15) is 116 Å². The van der Waals surface area contributed by atoms with Crippen LogP contribution in [0.25, 0.3) is 0 Å². The largest absolute Gasteiger partial charge is 0.481 e. The second kappa shape index (κ2) is 25.8. The summed E-state index contributed by atoms with van der Waals surface area (Å²) in [6.07, 6.45) is 13.3. The topological polar surface area (TPSA) is 83.8 Å². The van der Waals surface area contributed by atoms with E-state index in [9.17, 15) is 22.8 Å². The maximum absolute atomic E-state index is 11.7. The van der Waals surface area contributed by atoms with Gasteiger partial charge in [0, 0.05) is 24.8 Å². The van der Waals surface area contributed by atoms with Crippen molar-refractivity contribution in [3.05, 3.63) is 0 Å². The Kier molecular flexibility index (Phi) is 26.8. The fourth-order valence-electron chi connectivity index (χ4n) is 3.16. The molecule has 0 aromatic carbocycles. The summed E-state index contributed by atoms with van der Waals surface area (Å²) >= 11 is 3.41. The number of halogens is 4. The maximum atomic E-state index is 11.7. The second-order valence-electron chi connectivity index (χ2n) is 8.30. The molecule has 198 valence electrons. The van der Waals surface area contributed by atoms with Crippen molar-refractivity contribution in [2.24, 2.45) is 0 Å². The van der Waals surface area contributed by atoms with E-state index < -0.39 is 24.7 Å². The number of unbranched alkanes of at least 4 members (excludes halogenated alkanes) is 14. The van der Waals surface area contributed by atoms with Crippen LogP contribution in [0.3, 0.4) is 0 Å². The van der Waals surface area contributed by atoms with Gasteiger partial charge in [-0.2, -0.15) is 13.2 Å². The summed E-state index contributed by atoms with van der Waals surface area (Å²) in [7, 11) is 0. The Bertz CT molecular complexity index is 448. The molecule has 0 amide bonds. The number of aliphatic carboxylic acids is 2. The molecule has 5 nitrogen and oxygen atoms in total. The Hall–Kier alpha value is -0.830. The number of ether oxygens (including phenoxy) is 1. The third-order valence-corrected chi connectivity index (χ3v) is 5.53. The van der Waals surface area contributed by atoms with Crippen LogP contribution in [0, 0.1) is 0 Å². The molecule has 0 saturated carbocycles. The average molecular weight is 550 g/mol. The van der Waals surface area contributed by atoms with Crippen LogP contribution in [-0.2, 0) is 14.3 Å². The summed E-state index contributed by atoms with van der Waals surface area (Å²) < 4.78 is 39.7. The van der Waals surface area contributed by atoms with Crippen molar-refractivity contribution in [1.29, 1.82) is 0 Å². The summed E-state index contributed by atoms with van der Waals surface area (Å²) in [6, 6.07) is 0. The molecule has 2 N–H and O–H groups in total. The van der Waals surface area contributed by atoms with Crippen LogP contribution in [0.4, 0.5) is 13.2 Å². The molecule has 0 saturated heterocycles. The molecule has 0 aliphatic carbocycles. The Morgan fingerprint density at radius 2 is 0.939 bits per heavy atom. The van der Waals surface area contributed by atoms with Gasteiger partial charge in [-0.3, -0.25) is 9.59 Å². The van der Waals surface area contributed by atoms with Crippen LogP contribution in [-0.4, -0.2) is 46.9 Å². The smallest absolute Gasteiger partial charge is 0.411 e.